The van der Waals surface area contributed by atoms with Crippen molar-refractivity contribution in [2.24, 2.45) is 44.6 Å². The number of carboxylic acid groups (broad SMARTS) is 1. The van der Waals surface area contributed by atoms with E-state index in [0.717, 1.165) is 19.4 Å². The van der Waals surface area contributed by atoms with E-state index in [1.54, 1.807) is 51.1 Å². The number of nitrogens with one attached hydrogen (secondary N) is 10. The van der Waals surface area contributed by atoms with E-state index in [-0.39, 0.29) is 70.0 Å². The van der Waals surface area contributed by atoms with Crippen LogP contribution in [0.25, 0.3) is 0 Å². The minimum absolute atomic E-state index is 0.000762. The van der Waals surface area contributed by atoms with Crippen LogP contribution in [0.2, 0.25) is 0 Å². The highest BCUT2D eigenvalue weighted by Gasteiger charge is 2.37. The summed E-state index contributed by atoms with van der Waals surface area (Å²) in [4.78, 5) is 149. The number of aliphatic hydroxyl groups is 2. The average molecular weight is 1170 g/mol. The number of carbonyl (C=O) groups excluding carboxylic acids is 9. The highest BCUT2D eigenvalue weighted by molar-refractivity contribution is 5.98. The number of imidazole rings is 1. The van der Waals surface area contributed by atoms with Crippen molar-refractivity contribution < 1.29 is 63.3 Å². The van der Waals surface area contributed by atoms with Gasteiger partial charge in [-0.3, -0.25) is 53.1 Å². The molecular weight excluding hydrogens is 1080 g/mol. The molecule has 0 aliphatic carbocycles. The predicted octanol–water partition coefficient (Wildman–Crippen LogP) is -5.27. The molecule has 0 saturated heterocycles. The lowest BCUT2D eigenvalue weighted by Crippen LogP contribution is -2.62. The Kier molecular flexibility index (Phi) is 31.3. The molecule has 1 aromatic carbocycles. The maximum Gasteiger partial charge on any atom is 0.326 e. The van der Waals surface area contributed by atoms with Crippen molar-refractivity contribution in [1.29, 1.82) is 0 Å². The highest BCUT2D eigenvalue weighted by Crippen LogP contribution is 2.13. The van der Waals surface area contributed by atoms with E-state index in [1.165, 1.54) is 19.4 Å². The van der Waals surface area contributed by atoms with E-state index in [4.69, 9.17) is 28.7 Å². The van der Waals surface area contributed by atoms with E-state index in [2.05, 4.69) is 67.8 Å². The molecule has 31 nitrogen and oxygen atoms in total. The SMILES string of the molecule is CCC[C@H](NC(=O)[C@@H](NC(=O)[C@H](CCCN=C(N)N)NC(=O)CNC(=O)[C@@H](NC(=O)[C@@H](NC(=O)[C@H](Cc1cnc[nH]1)NC(=O)[C@H](CCc1ccccc1)NC(=O)[C@H](C)NC(=O)[C@@H](N)CCCN=C(N)N)[C@@H](C)O)[C@@H](C)O)C(C)CC)C(=O)O. The number of rotatable bonds is 38. The Bertz CT molecular complexity index is 2490. The molecule has 9 amide bonds. The zero-order chi connectivity index (χ0) is 62.3. The molecule has 0 aliphatic heterocycles. The third kappa shape index (κ3) is 26.3. The van der Waals surface area contributed by atoms with Crippen LogP contribution in [0.5, 0.6) is 0 Å². The zero-order valence-electron chi connectivity index (χ0n) is 47.8. The van der Waals surface area contributed by atoms with Crippen molar-refractivity contribution in [3.63, 3.8) is 0 Å². The Balaban J connectivity index is 2.31. The number of aliphatic hydroxyl groups excluding tert-OH is 2. The Morgan fingerprint density at radius 2 is 1.11 bits per heavy atom. The van der Waals surface area contributed by atoms with Gasteiger partial charge in [0, 0.05) is 31.4 Å². The monoisotopic (exact) mass is 1170 g/mol. The maximum atomic E-state index is 14.2. The number of amides is 9. The Morgan fingerprint density at radius 1 is 0.590 bits per heavy atom. The molecule has 0 bridgehead atoms. The fourth-order valence-electron chi connectivity index (χ4n) is 8.02. The molecule has 462 valence electrons. The van der Waals surface area contributed by atoms with Crippen LogP contribution >= 0.6 is 0 Å². The summed E-state index contributed by atoms with van der Waals surface area (Å²) in [6, 6.07) is -3.55. The molecule has 2 rings (SSSR count). The Hall–Kier alpha value is -8.45. The number of guanidine groups is 2. The molecule has 0 saturated carbocycles. The number of aryl methyl sites for hydroxylation is 1. The Morgan fingerprint density at radius 3 is 1.66 bits per heavy atom. The molecule has 23 N–H and O–H groups in total. The van der Waals surface area contributed by atoms with E-state index in [0.29, 0.717) is 25.0 Å². The first-order chi connectivity index (χ1) is 39.2. The van der Waals surface area contributed by atoms with Gasteiger partial charge in [0.15, 0.2) is 11.9 Å². The van der Waals surface area contributed by atoms with Crippen LogP contribution < -0.4 is 76.5 Å². The number of H-pyrrole nitrogens is 1. The van der Waals surface area contributed by atoms with Gasteiger partial charge in [0.2, 0.25) is 53.2 Å². The first-order valence-electron chi connectivity index (χ1n) is 27.3. The molecule has 0 spiro atoms. The van der Waals surface area contributed by atoms with Crippen LogP contribution in [0.15, 0.2) is 52.8 Å². The second kappa shape index (κ2) is 36.8. The standard InChI is InChI=1S/C52H86N18O13/c1-7-14-36(50(82)83)66-48(80)39(27(3)8-2)68-45(77)34(18-13-22-60-52(56)57)64-38(73)25-61-47(79)40(29(5)71)70-49(81)41(30(6)72)69-46(78)37(23-32-24-58-26-62-32)67-44(76)35(20-19-31-15-10-9-11-16-31)65-42(74)28(4)63-43(75)33(53)17-12-21-59-51(54)55/h9-11,15-16,24,26-30,33-37,39-41,71-72H,7-8,12-14,17-23,25,53H2,1-6H3,(H,58,62)(H,61,79)(H,63,75)(H,64,73)(H,65,74)(H,66,80)(H,67,76)(H,68,77)(H,69,78)(H,70,81)(H,82,83)(H4,54,55,59)(H4,56,57,60)/t27?,28-,29+,30+,33-,34-,35-,36-,37-,39-,40-,41-/m0/s1. The molecule has 0 radical (unpaired) electrons. The summed E-state index contributed by atoms with van der Waals surface area (Å²) in [6.07, 6.45) is 0.927. The lowest BCUT2D eigenvalue weighted by atomic mass is 9.97. The number of aliphatic imine (C=N–C) groups is 2. The first kappa shape index (κ1) is 70.7. The van der Waals surface area contributed by atoms with Gasteiger partial charge in [0.05, 0.1) is 31.1 Å². The molecule has 31 heteroatoms. The zero-order valence-corrected chi connectivity index (χ0v) is 47.8. The number of carbonyl (C=O) groups is 10. The van der Waals surface area contributed by atoms with Gasteiger partial charge >= 0.3 is 5.97 Å². The highest BCUT2D eigenvalue weighted by atomic mass is 16.4. The normalized spacial score (nSPS) is 15.3. The third-order valence-electron chi connectivity index (χ3n) is 13.0. The fraction of sp³-hybridized carbons (Fsp3) is 0.596. The second-order valence-corrected chi connectivity index (χ2v) is 20.0. The summed E-state index contributed by atoms with van der Waals surface area (Å²) < 4.78 is 0. The van der Waals surface area contributed by atoms with E-state index >= 15 is 0 Å². The van der Waals surface area contributed by atoms with Crippen LogP contribution in [0, 0.1) is 5.92 Å². The van der Waals surface area contributed by atoms with E-state index in [9.17, 15) is 63.3 Å². The van der Waals surface area contributed by atoms with Gasteiger partial charge in [-0.15, -0.1) is 0 Å². The number of nitrogens with zero attached hydrogens (tertiary/aromatic N) is 3. The van der Waals surface area contributed by atoms with Crippen molar-refractivity contribution in [1.82, 2.24) is 57.8 Å². The largest absolute Gasteiger partial charge is 0.480 e. The minimum atomic E-state index is -1.85. The van der Waals surface area contributed by atoms with Crippen LogP contribution in [0.4, 0.5) is 0 Å². The van der Waals surface area contributed by atoms with Gasteiger partial charge in [-0.25, -0.2) is 9.78 Å². The molecule has 0 fully saturated rings. The van der Waals surface area contributed by atoms with Crippen molar-refractivity contribution >= 4 is 71.1 Å². The molecule has 2 aromatic rings. The summed E-state index contributed by atoms with van der Waals surface area (Å²) in [6.45, 7) is 8.26. The van der Waals surface area contributed by atoms with Crippen LogP contribution in [-0.2, 0) is 60.8 Å². The van der Waals surface area contributed by atoms with Crippen LogP contribution in [0.1, 0.15) is 104 Å². The maximum absolute atomic E-state index is 14.2. The lowest BCUT2D eigenvalue weighted by Gasteiger charge is -2.28. The minimum Gasteiger partial charge on any atom is -0.480 e. The van der Waals surface area contributed by atoms with Crippen molar-refractivity contribution in [2.45, 2.75) is 172 Å². The number of carboxylic acids is 1. The lowest BCUT2D eigenvalue weighted by molar-refractivity contribution is -0.143. The summed E-state index contributed by atoms with van der Waals surface area (Å²) in [5.74, 6) is -10.3. The van der Waals surface area contributed by atoms with Crippen molar-refractivity contribution in [3.8, 4) is 0 Å². The number of hydrogen-bond acceptors (Lipinski definition) is 16. The number of aromatic amines is 1. The molecule has 83 heavy (non-hydrogen) atoms. The number of benzene rings is 1. The smallest absolute Gasteiger partial charge is 0.326 e. The van der Waals surface area contributed by atoms with Crippen LogP contribution in [-0.4, -0.2) is 183 Å². The molecule has 12 atom stereocenters. The predicted molar refractivity (Wildman–Crippen MR) is 304 cm³/mol. The molecular formula is C52H86N18O13. The number of nitrogens with two attached hydrogens (primary N) is 5. The first-order valence-corrected chi connectivity index (χ1v) is 27.3. The molecule has 1 aromatic heterocycles. The topological polar surface area (TPSA) is 523 Å². The number of hydrogen-bond donors (Lipinski definition) is 18. The summed E-state index contributed by atoms with van der Waals surface area (Å²) >= 11 is 0. The quantitative estimate of drug-likeness (QED) is 0.0170. The van der Waals surface area contributed by atoms with Gasteiger partial charge in [0.1, 0.15) is 48.3 Å². The molecule has 1 unspecified atom stereocenters. The van der Waals surface area contributed by atoms with Crippen molar-refractivity contribution in [2.75, 3.05) is 19.6 Å². The van der Waals surface area contributed by atoms with Gasteiger partial charge in [0.25, 0.3) is 0 Å². The second-order valence-electron chi connectivity index (χ2n) is 20.0. The third-order valence-corrected chi connectivity index (χ3v) is 13.0. The van der Waals surface area contributed by atoms with E-state index in [1.807, 2.05) is 0 Å². The summed E-state index contributed by atoms with van der Waals surface area (Å²) in [5.41, 5.74) is 28.7. The van der Waals surface area contributed by atoms with Crippen LogP contribution in [0.3, 0.4) is 0 Å². The van der Waals surface area contributed by atoms with Gasteiger partial charge < -0.3 is 96.8 Å². The molecule has 0 aliphatic rings. The van der Waals surface area contributed by atoms with Gasteiger partial charge in [-0.05, 0) is 77.2 Å². The average Bonchev–Trinajstić information content (AvgIpc) is 4.00. The van der Waals surface area contributed by atoms with E-state index < -0.39 is 138 Å². The Labute approximate surface area is 481 Å². The number of aromatic nitrogens is 2. The molecule has 1 heterocycles. The number of aliphatic carboxylic acids is 1. The van der Waals surface area contributed by atoms with Gasteiger partial charge in [-0.2, -0.15) is 0 Å². The van der Waals surface area contributed by atoms with Crippen molar-refractivity contribution in [3.05, 3.63) is 54.1 Å². The summed E-state index contributed by atoms with van der Waals surface area (Å²) in [7, 11) is 0. The van der Waals surface area contributed by atoms with Gasteiger partial charge in [-0.1, -0.05) is 63.9 Å². The fourth-order valence-corrected chi connectivity index (χ4v) is 8.02. The summed E-state index contributed by atoms with van der Waals surface area (Å²) in [5, 5.41) is 53.4.